The van der Waals surface area contributed by atoms with Crippen molar-refractivity contribution in [3.63, 3.8) is 0 Å². The summed E-state index contributed by atoms with van der Waals surface area (Å²) >= 11 is 0. The molecule has 2 N–H and O–H groups in total. The zero-order valence-electron chi connectivity index (χ0n) is 14.2. The van der Waals surface area contributed by atoms with Gasteiger partial charge in [-0.1, -0.05) is 91.9 Å². The lowest BCUT2D eigenvalue weighted by Crippen LogP contribution is -2.34. The van der Waals surface area contributed by atoms with E-state index < -0.39 is 17.6 Å². The monoisotopic (exact) mass is 330 g/mol. The second-order valence-corrected chi connectivity index (χ2v) is 7.05. The van der Waals surface area contributed by atoms with Crippen molar-refractivity contribution in [2.24, 2.45) is 5.41 Å². The average molecular weight is 330 g/mol. The van der Waals surface area contributed by atoms with Crippen molar-refractivity contribution in [1.82, 2.24) is 0 Å². The summed E-state index contributed by atoms with van der Waals surface area (Å²) in [6.07, 6.45) is -1.46. The van der Waals surface area contributed by atoms with Crippen LogP contribution in [0.3, 0.4) is 0 Å². The summed E-state index contributed by atoms with van der Waals surface area (Å²) < 4.78 is 0. The van der Waals surface area contributed by atoms with E-state index in [2.05, 4.69) is 24.3 Å². The van der Waals surface area contributed by atoms with Gasteiger partial charge in [-0.15, -0.1) is 0 Å². The summed E-state index contributed by atoms with van der Waals surface area (Å²) in [6.45, 7) is 1.99. The van der Waals surface area contributed by atoms with E-state index in [-0.39, 0.29) is 5.92 Å². The highest BCUT2D eigenvalue weighted by Crippen LogP contribution is 2.61. The lowest BCUT2D eigenvalue weighted by molar-refractivity contribution is -0.0517. The van der Waals surface area contributed by atoms with Gasteiger partial charge in [-0.05, 0) is 22.3 Å². The summed E-state index contributed by atoms with van der Waals surface area (Å²) in [6, 6.07) is 28.0. The molecule has 25 heavy (non-hydrogen) atoms. The van der Waals surface area contributed by atoms with Crippen molar-refractivity contribution in [2.45, 2.75) is 25.0 Å². The number of rotatable bonds is 3. The highest BCUT2D eigenvalue weighted by atomic mass is 16.3. The molecule has 2 nitrogen and oxygen atoms in total. The summed E-state index contributed by atoms with van der Waals surface area (Å²) in [5, 5.41) is 22.4. The van der Waals surface area contributed by atoms with Crippen molar-refractivity contribution in [3.8, 4) is 0 Å². The van der Waals surface area contributed by atoms with Crippen molar-refractivity contribution in [3.05, 3.63) is 107 Å². The number of benzene rings is 3. The normalized spacial score (nSPS) is 25.1. The van der Waals surface area contributed by atoms with Gasteiger partial charge >= 0.3 is 0 Å². The standard InChI is InChI=1S/C23H22O2/c1-23(21(24)18-14-8-9-15-19(18)22(23)25)20(16-10-4-2-5-11-16)17-12-6-3-7-13-17/h2-15,20-22,24-25H,1H3. The molecule has 1 aliphatic rings. The van der Waals surface area contributed by atoms with Gasteiger partial charge in [0.15, 0.2) is 0 Å². The molecular weight excluding hydrogens is 308 g/mol. The van der Waals surface area contributed by atoms with E-state index in [4.69, 9.17) is 0 Å². The van der Waals surface area contributed by atoms with Crippen LogP contribution in [-0.2, 0) is 0 Å². The molecule has 0 radical (unpaired) electrons. The SMILES string of the molecule is CC1(C(c2ccccc2)c2ccccc2)C(O)c2ccccc2C1O. The Morgan fingerprint density at radius 3 is 1.40 bits per heavy atom. The van der Waals surface area contributed by atoms with Crippen molar-refractivity contribution < 1.29 is 10.2 Å². The maximum absolute atomic E-state index is 11.2. The summed E-state index contributed by atoms with van der Waals surface area (Å²) in [7, 11) is 0. The fourth-order valence-electron chi connectivity index (χ4n) is 4.35. The van der Waals surface area contributed by atoms with Crippen molar-refractivity contribution in [2.75, 3.05) is 0 Å². The van der Waals surface area contributed by atoms with E-state index in [9.17, 15) is 10.2 Å². The van der Waals surface area contributed by atoms with Gasteiger partial charge in [0.25, 0.3) is 0 Å². The summed E-state index contributed by atoms with van der Waals surface area (Å²) in [5.41, 5.74) is 3.11. The predicted molar refractivity (Wildman–Crippen MR) is 99.2 cm³/mol. The third-order valence-corrected chi connectivity index (χ3v) is 5.65. The van der Waals surface area contributed by atoms with Crippen LogP contribution in [0.5, 0.6) is 0 Å². The minimum absolute atomic E-state index is 0.118. The van der Waals surface area contributed by atoms with Gasteiger partial charge in [0, 0.05) is 11.3 Å². The second kappa shape index (κ2) is 6.14. The Hall–Kier alpha value is -2.42. The van der Waals surface area contributed by atoms with Crippen LogP contribution in [0.1, 0.15) is 47.3 Å². The first-order valence-corrected chi connectivity index (χ1v) is 8.69. The van der Waals surface area contributed by atoms with Gasteiger partial charge in [-0.3, -0.25) is 0 Å². The third kappa shape index (κ3) is 2.41. The lowest BCUT2D eigenvalue weighted by atomic mass is 9.65. The van der Waals surface area contributed by atoms with Gasteiger partial charge in [-0.2, -0.15) is 0 Å². The zero-order valence-corrected chi connectivity index (χ0v) is 14.2. The number of aliphatic hydroxyl groups excluding tert-OH is 2. The Kier molecular flexibility index (Phi) is 3.95. The topological polar surface area (TPSA) is 40.5 Å². The molecule has 0 aromatic heterocycles. The lowest BCUT2D eigenvalue weighted by Gasteiger charge is -2.40. The van der Waals surface area contributed by atoms with Crippen molar-refractivity contribution in [1.29, 1.82) is 0 Å². The first-order chi connectivity index (χ1) is 12.1. The average Bonchev–Trinajstić information content (AvgIpc) is 2.86. The molecule has 0 bridgehead atoms. The molecule has 4 rings (SSSR count). The van der Waals surface area contributed by atoms with Crippen LogP contribution in [0.2, 0.25) is 0 Å². The van der Waals surface area contributed by atoms with E-state index >= 15 is 0 Å². The largest absolute Gasteiger partial charge is 0.388 e. The summed E-state index contributed by atoms with van der Waals surface area (Å²) in [5.74, 6) is -0.118. The minimum atomic E-state index is -0.744. The third-order valence-electron chi connectivity index (χ3n) is 5.65. The van der Waals surface area contributed by atoms with E-state index in [1.165, 1.54) is 0 Å². The van der Waals surface area contributed by atoms with Crippen LogP contribution in [0, 0.1) is 5.41 Å². The Morgan fingerprint density at radius 1 is 0.640 bits per heavy atom. The first-order valence-electron chi connectivity index (χ1n) is 8.69. The van der Waals surface area contributed by atoms with Gasteiger partial charge in [0.1, 0.15) is 0 Å². The Morgan fingerprint density at radius 2 is 1.00 bits per heavy atom. The molecule has 2 heteroatoms. The molecule has 3 aromatic carbocycles. The Labute approximate surface area is 148 Å². The quantitative estimate of drug-likeness (QED) is 0.736. The van der Waals surface area contributed by atoms with Crippen LogP contribution in [0.25, 0.3) is 0 Å². The van der Waals surface area contributed by atoms with Crippen LogP contribution in [-0.4, -0.2) is 10.2 Å². The smallest absolute Gasteiger partial charge is 0.0884 e. The molecule has 0 saturated heterocycles. The molecule has 0 fully saturated rings. The number of hydrogen-bond donors (Lipinski definition) is 2. The predicted octanol–water partition coefficient (Wildman–Crippen LogP) is 4.61. The minimum Gasteiger partial charge on any atom is -0.388 e. The molecule has 126 valence electrons. The zero-order chi connectivity index (χ0) is 17.4. The number of hydrogen-bond acceptors (Lipinski definition) is 2. The highest BCUT2D eigenvalue weighted by molar-refractivity contribution is 5.45. The molecule has 0 amide bonds. The molecule has 3 aromatic rings. The maximum atomic E-state index is 11.2. The molecule has 0 aliphatic heterocycles. The van der Waals surface area contributed by atoms with Gasteiger partial charge in [0.05, 0.1) is 12.2 Å². The van der Waals surface area contributed by atoms with Crippen LogP contribution >= 0.6 is 0 Å². The fraction of sp³-hybridized carbons (Fsp3) is 0.217. The molecule has 2 atom stereocenters. The molecule has 0 spiro atoms. The first kappa shape index (κ1) is 16.1. The van der Waals surface area contributed by atoms with Crippen molar-refractivity contribution >= 4 is 0 Å². The fourth-order valence-corrected chi connectivity index (χ4v) is 4.35. The second-order valence-electron chi connectivity index (χ2n) is 7.05. The molecule has 1 aliphatic carbocycles. The number of fused-ring (bicyclic) bond motifs is 1. The van der Waals surface area contributed by atoms with Gasteiger partial charge < -0.3 is 10.2 Å². The van der Waals surface area contributed by atoms with E-state index in [0.717, 1.165) is 22.3 Å². The van der Waals surface area contributed by atoms with Gasteiger partial charge in [-0.25, -0.2) is 0 Å². The van der Waals surface area contributed by atoms with Crippen LogP contribution in [0.15, 0.2) is 84.9 Å². The Bertz CT molecular complexity index is 789. The van der Waals surface area contributed by atoms with E-state index in [1.54, 1.807) is 0 Å². The van der Waals surface area contributed by atoms with E-state index in [0.29, 0.717) is 0 Å². The van der Waals surface area contributed by atoms with Gasteiger partial charge in [0.2, 0.25) is 0 Å². The van der Waals surface area contributed by atoms with E-state index in [1.807, 2.05) is 67.6 Å². The molecule has 2 unspecified atom stereocenters. The highest BCUT2D eigenvalue weighted by Gasteiger charge is 2.54. The molecule has 0 saturated carbocycles. The molecule has 0 heterocycles. The molecular formula is C23H22O2. The Balaban J connectivity index is 1.91. The van der Waals surface area contributed by atoms with Crippen LogP contribution in [0.4, 0.5) is 0 Å². The summed E-state index contributed by atoms with van der Waals surface area (Å²) in [4.78, 5) is 0. The number of aliphatic hydroxyl groups is 2. The van der Waals surface area contributed by atoms with Crippen LogP contribution < -0.4 is 0 Å². The maximum Gasteiger partial charge on any atom is 0.0884 e.